The highest BCUT2D eigenvalue weighted by molar-refractivity contribution is 7.99. The Balaban J connectivity index is 1.98. The Morgan fingerprint density at radius 1 is 1.50 bits per heavy atom. The maximum absolute atomic E-state index is 12.7. The predicted molar refractivity (Wildman–Crippen MR) is 81.8 cm³/mol. The third-order valence-electron chi connectivity index (χ3n) is 4.36. The summed E-state index contributed by atoms with van der Waals surface area (Å²) in [6, 6.07) is 0. The average Bonchev–Trinajstić information content (AvgIpc) is 3.03. The zero-order valence-electron chi connectivity index (χ0n) is 11.6. The van der Waals surface area contributed by atoms with Gasteiger partial charge in [-0.25, -0.2) is 4.98 Å². The summed E-state index contributed by atoms with van der Waals surface area (Å²) in [5.74, 6) is 0.956. The molecule has 4 nitrogen and oxygen atoms in total. The molecule has 20 heavy (non-hydrogen) atoms. The van der Waals surface area contributed by atoms with Gasteiger partial charge in [0.25, 0.3) is 5.56 Å². The van der Waals surface area contributed by atoms with Gasteiger partial charge in [-0.2, -0.15) is 0 Å². The predicted octanol–water partition coefficient (Wildman–Crippen LogP) is 2.81. The maximum atomic E-state index is 12.7. The number of thiophene rings is 1. The summed E-state index contributed by atoms with van der Waals surface area (Å²) in [6.07, 6.45) is 1.78. The zero-order chi connectivity index (χ0) is 13.9. The van der Waals surface area contributed by atoms with Gasteiger partial charge in [0.2, 0.25) is 0 Å². The van der Waals surface area contributed by atoms with Crippen molar-refractivity contribution in [2.45, 2.75) is 50.6 Å². The molecule has 0 aliphatic carbocycles. The fraction of sp³-hybridized carbons (Fsp3) is 0.571. The minimum absolute atomic E-state index is 0.146. The van der Waals surface area contributed by atoms with Crippen molar-refractivity contribution in [3.05, 3.63) is 20.8 Å². The lowest BCUT2D eigenvalue weighted by Crippen LogP contribution is -2.34. The standard InChI is InChI=1S/C14H16N2O2S2/c1-3-14(2)6-8-9(7-18-14)20-11-10(8)12(17)16-4-5-19-13(16)15-11/h3-7H2,1-2H3. The van der Waals surface area contributed by atoms with Crippen LogP contribution in [0, 0.1) is 0 Å². The van der Waals surface area contributed by atoms with E-state index in [9.17, 15) is 4.79 Å². The van der Waals surface area contributed by atoms with Crippen molar-refractivity contribution in [3.8, 4) is 0 Å². The first-order valence-corrected chi connectivity index (χ1v) is 8.73. The third kappa shape index (κ3) is 1.71. The second-order valence-corrected chi connectivity index (χ2v) is 7.80. The SMILES string of the molecule is CCC1(C)Cc2c(sc3nc4n(c(=O)c23)CCS4)CO1. The first-order valence-electron chi connectivity index (χ1n) is 6.93. The van der Waals surface area contributed by atoms with E-state index in [-0.39, 0.29) is 11.2 Å². The number of hydrogen-bond donors (Lipinski definition) is 0. The molecule has 2 aliphatic rings. The van der Waals surface area contributed by atoms with Crippen LogP contribution < -0.4 is 5.56 Å². The summed E-state index contributed by atoms with van der Waals surface area (Å²) in [5.41, 5.74) is 1.18. The summed E-state index contributed by atoms with van der Waals surface area (Å²) < 4.78 is 7.81. The molecule has 2 aromatic rings. The van der Waals surface area contributed by atoms with Crippen molar-refractivity contribution in [3.63, 3.8) is 0 Å². The summed E-state index contributed by atoms with van der Waals surface area (Å²) in [6.45, 7) is 5.67. The van der Waals surface area contributed by atoms with Crippen molar-refractivity contribution in [1.82, 2.24) is 9.55 Å². The molecule has 0 amide bonds. The van der Waals surface area contributed by atoms with E-state index < -0.39 is 0 Å². The molecule has 6 heteroatoms. The van der Waals surface area contributed by atoms with E-state index in [0.717, 1.165) is 40.5 Å². The van der Waals surface area contributed by atoms with E-state index >= 15 is 0 Å². The largest absolute Gasteiger partial charge is 0.369 e. The van der Waals surface area contributed by atoms with Crippen LogP contribution in [0.2, 0.25) is 0 Å². The highest BCUT2D eigenvalue weighted by atomic mass is 32.2. The number of fused-ring (bicyclic) bond motifs is 4. The molecule has 4 rings (SSSR count). The Hall–Kier alpha value is -0.850. The van der Waals surface area contributed by atoms with E-state index in [4.69, 9.17) is 4.74 Å². The van der Waals surface area contributed by atoms with Crippen molar-refractivity contribution < 1.29 is 4.74 Å². The second-order valence-electron chi connectivity index (χ2n) is 5.65. The van der Waals surface area contributed by atoms with Crippen LogP contribution in [-0.2, 0) is 24.3 Å². The smallest absolute Gasteiger partial charge is 0.263 e. The first-order chi connectivity index (χ1) is 9.61. The lowest BCUT2D eigenvalue weighted by Gasteiger charge is -2.32. The van der Waals surface area contributed by atoms with Crippen molar-refractivity contribution in [1.29, 1.82) is 0 Å². The van der Waals surface area contributed by atoms with Crippen molar-refractivity contribution in [2.75, 3.05) is 5.75 Å². The van der Waals surface area contributed by atoms with Crippen LogP contribution in [-0.4, -0.2) is 20.9 Å². The number of hydrogen-bond acceptors (Lipinski definition) is 5. The monoisotopic (exact) mass is 308 g/mol. The number of ether oxygens (including phenoxy) is 1. The van der Waals surface area contributed by atoms with E-state index in [1.807, 2.05) is 4.57 Å². The summed E-state index contributed by atoms with van der Waals surface area (Å²) in [5, 5.41) is 1.72. The molecule has 0 aromatic carbocycles. The van der Waals surface area contributed by atoms with Gasteiger partial charge in [-0.15, -0.1) is 11.3 Å². The molecule has 2 aromatic heterocycles. The fourth-order valence-electron chi connectivity index (χ4n) is 2.90. The molecule has 0 bridgehead atoms. The lowest BCUT2D eigenvalue weighted by molar-refractivity contribution is -0.0543. The number of aromatic nitrogens is 2. The molecule has 0 saturated heterocycles. The number of thioether (sulfide) groups is 1. The fourth-order valence-corrected chi connectivity index (χ4v) is 4.99. The van der Waals surface area contributed by atoms with Gasteiger partial charge in [-0.1, -0.05) is 18.7 Å². The van der Waals surface area contributed by atoms with E-state index in [1.54, 1.807) is 23.1 Å². The molecule has 2 aliphatic heterocycles. The van der Waals surface area contributed by atoms with Gasteiger partial charge in [0.15, 0.2) is 5.16 Å². The molecule has 1 unspecified atom stereocenters. The lowest BCUT2D eigenvalue weighted by atomic mass is 9.90. The van der Waals surface area contributed by atoms with Gasteiger partial charge in [-0.3, -0.25) is 9.36 Å². The van der Waals surface area contributed by atoms with Gasteiger partial charge in [0.05, 0.1) is 17.6 Å². The average molecular weight is 308 g/mol. The Bertz CT molecular complexity index is 765. The van der Waals surface area contributed by atoms with Crippen LogP contribution in [0.4, 0.5) is 0 Å². The maximum Gasteiger partial charge on any atom is 0.263 e. The summed E-state index contributed by atoms with van der Waals surface area (Å²) >= 11 is 3.30. The molecule has 0 fully saturated rings. The van der Waals surface area contributed by atoms with E-state index in [0.29, 0.717) is 6.61 Å². The Labute approximate surface area is 125 Å². The highest BCUT2D eigenvalue weighted by Crippen LogP contribution is 2.39. The molecule has 0 saturated carbocycles. The van der Waals surface area contributed by atoms with E-state index in [2.05, 4.69) is 18.8 Å². The van der Waals surface area contributed by atoms with Gasteiger partial charge in [-0.05, 0) is 18.9 Å². The quantitative estimate of drug-likeness (QED) is 0.760. The van der Waals surface area contributed by atoms with Gasteiger partial charge in [0, 0.05) is 23.6 Å². The zero-order valence-corrected chi connectivity index (χ0v) is 13.2. The molecular formula is C14H16N2O2S2. The molecule has 1 atom stereocenters. The van der Waals surface area contributed by atoms with Crippen molar-refractivity contribution in [2.24, 2.45) is 0 Å². The minimum Gasteiger partial charge on any atom is -0.369 e. The Morgan fingerprint density at radius 3 is 3.15 bits per heavy atom. The minimum atomic E-state index is -0.147. The van der Waals surface area contributed by atoms with Crippen molar-refractivity contribution >= 4 is 33.3 Å². The highest BCUT2D eigenvalue weighted by Gasteiger charge is 2.33. The van der Waals surface area contributed by atoms with Gasteiger partial charge in [0.1, 0.15) is 4.83 Å². The Morgan fingerprint density at radius 2 is 2.35 bits per heavy atom. The first kappa shape index (κ1) is 12.9. The number of nitrogens with zero attached hydrogens (tertiary/aromatic N) is 2. The van der Waals surface area contributed by atoms with Gasteiger partial charge >= 0.3 is 0 Å². The molecule has 0 radical (unpaired) electrons. The van der Waals surface area contributed by atoms with Gasteiger partial charge < -0.3 is 4.74 Å². The Kier molecular flexibility index (Phi) is 2.78. The second kappa shape index (κ2) is 4.32. The van der Waals surface area contributed by atoms with Crippen LogP contribution in [0.5, 0.6) is 0 Å². The topological polar surface area (TPSA) is 44.1 Å². The van der Waals surface area contributed by atoms with Crippen LogP contribution >= 0.6 is 23.1 Å². The summed E-state index contributed by atoms with van der Waals surface area (Å²) in [7, 11) is 0. The third-order valence-corrected chi connectivity index (χ3v) is 6.41. The summed E-state index contributed by atoms with van der Waals surface area (Å²) in [4.78, 5) is 19.5. The van der Waals surface area contributed by atoms with Crippen LogP contribution in [0.3, 0.4) is 0 Å². The normalized spacial score (nSPS) is 24.9. The molecule has 4 heterocycles. The molecule has 0 spiro atoms. The van der Waals surface area contributed by atoms with E-state index in [1.165, 1.54) is 10.4 Å². The molecule has 0 N–H and O–H groups in total. The molecule has 106 valence electrons. The van der Waals surface area contributed by atoms with Crippen LogP contribution in [0.25, 0.3) is 10.2 Å². The van der Waals surface area contributed by atoms with Crippen LogP contribution in [0.15, 0.2) is 9.95 Å². The number of rotatable bonds is 1. The van der Waals surface area contributed by atoms with Crippen LogP contribution in [0.1, 0.15) is 30.7 Å². The molecular weight excluding hydrogens is 292 g/mol.